The topological polar surface area (TPSA) is 93.7 Å². The fourth-order valence-electron chi connectivity index (χ4n) is 2.91. The molecule has 3 rings (SSSR count). The molecule has 3 aromatic carbocycles. The van der Waals surface area contributed by atoms with Gasteiger partial charge in [-0.2, -0.15) is 0 Å². The Labute approximate surface area is 186 Å². The lowest BCUT2D eigenvalue weighted by Crippen LogP contribution is -2.41. The highest BCUT2D eigenvalue weighted by Crippen LogP contribution is 2.23. The van der Waals surface area contributed by atoms with Crippen molar-refractivity contribution in [2.75, 3.05) is 20.3 Å². The van der Waals surface area contributed by atoms with Gasteiger partial charge in [0.05, 0.1) is 6.61 Å². The Balaban J connectivity index is 1.55. The molecule has 0 radical (unpaired) electrons. The predicted octanol–water partition coefficient (Wildman–Crippen LogP) is 3.66. The van der Waals surface area contributed by atoms with Gasteiger partial charge in [0, 0.05) is 23.8 Å². The number of Topliss-reactive ketones (excluding diaryl/α,β-unsaturated/α-hetero) is 1. The molecule has 0 unspecified atom stereocenters. The Morgan fingerprint density at radius 3 is 1.56 bits per heavy atom. The molecule has 0 aliphatic carbocycles. The van der Waals surface area contributed by atoms with Gasteiger partial charge in [-0.3, -0.25) is 25.2 Å². The number of hydrogen-bond acceptors (Lipinski definition) is 5. The van der Waals surface area contributed by atoms with E-state index in [1.807, 2.05) is 36.4 Å². The molecular formula is C25H24N2O5. The van der Waals surface area contributed by atoms with Gasteiger partial charge >= 0.3 is 0 Å². The van der Waals surface area contributed by atoms with E-state index in [1.54, 1.807) is 31.4 Å². The third-order valence-corrected chi connectivity index (χ3v) is 4.73. The van der Waals surface area contributed by atoms with Gasteiger partial charge in [-0.15, -0.1) is 0 Å². The molecule has 2 amide bonds. The number of nitrogens with one attached hydrogen (secondary N) is 2. The molecule has 0 saturated heterocycles. The van der Waals surface area contributed by atoms with Gasteiger partial charge in [-0.1, -0.05) is 36.4 Å². The van der Waals surface area contributed by atoms with Crippen LogP contribution in [0.3, 0.4) is 0 Å². The molecule has 0 aromatic heterocycles. The Morgan fingerprint density at radius 1 is 0.656 bits per heavy atom. The summed E-state index contributed by atoms with van der Waals surface area (Å²) < 4.78 is 10.5. The lowest BCUT2D eigenvalue weighted by Gasteiger charge is -2.09. The number of rotatable bonds is 8. The summed E-state index contributed by atoms with van der Waals surface area (Å²) in [6, 6.07) is 20.9. The molecule has 7 heteroatoms. The van der Waals surface area contributed by atoms with Crippen LogP contribution in [-0.4, -0.2) is 37.9 Å². The van der Waals surface area contributed by atoms with Crippen LogP contribution in [0.2, 0.25) is 0 Å². The monoisotopic (exact) mass is 432 g/mol. The van der Waals surface area contributed by atoms with Gasteiger partial charge in [0.1, 0.15) is 12.4 Å². The summed E-state index contributed by atoms with van der Waals surface area (Å²) in [6.07, 6.45) is 0. The standard InChI is InChI=1S/C25H24N2O5/c1-17(28)18-3-7-21(8-4-18)24(29)26-27-25(30)22-9-5-19(6-10-22)20-11-13-23(14-12-20)32-16-15-31-2/h3-14H,15-16H2,1-2H3,(H,26,29)(H,27,30). The van der Waals surface area contributed by atoms with Crippen LogP contribution in [0.5, 0.6) is 5.75 Å². The van der Waals surface area contributed by atoms with Crippen molar-refractivity contribution in [3.8, 4) is 16.9 Å². The molecule has 0 aliphatic rings. The van der Waals surface area contributed by atoms with Crippen LogP contribution in [0.15, 0.2) is 72.8 Å². The van der Waals surface area contributed by atoms with Crippen molar-refractivity contribution >= 4 is 17.6 Å². The lowest BCUT2D eigenvalue weighted by atomic mass is 10.0. The molecule has 0 atom stereocenters. The zero-order chi connectivity index (χ0) is 22.9. The molecule has 0 bridgehead atoms. The predicted molar refractivity (Wildman–Crippen MR) is 121 cm³/mol. The van der Waals surface area contributed by atoms with Crippen LogP contribution in [-0.2, 0) is 4.74 Å². The van der Waals surface area contributed by atoms with E-state index in [1.165, 1.54) is 19.1 Å². The van der Waals surface area contributed by atoms with E-state index >= 15 is 0 Å². The summed E-state index contributed by atoms with van der Waals surface area (Å²) in [5, 5.41) is 0. The van der Waals surface area contributed by atoms with Gasteiger partial charge in [-0.05, 0) is 54.4 Å². The highest BCUT2D eigenvalue weighted by Gasteiger charge is 2.10. The first-order chi connectivity index (χ1) is 15.5. The third-order valence-electron chi connectivity index (χ3n) is 4.73. The van der Waals surface area contributed by atoms with Gasteiger partial charge in [0.2, 0.25) is 0 Å². The average molecular weight is 432 g/mol. The number of ketones is 1. The minimum Gasteiger partial charge on any atom is -0.491 e. The van der Waals surface area contributed by atoms with Gasteiger partial charge in [0.15, 0.2) is 5.78 Å². The van der Waals surface area contributed by atoms with E-state index in [4.69, 9.17) is 9.47 Å². The van der Waals surface area contributed by atoms with Crippen molar-refractivity contribution in [2.45, 2.75) is 6.92 Å². The summed E-state index contributed by atoms with van der Waals surface area (Å²) in [5.41, 5.74) is 7.94. The Hall–Kier alpha value is -3.97. The maximum atomic E-state index is 12.3. The number of hydrazine groups is 1. The quantitative estimate of drug-likeness (QED) is 0.322. The number of hydrogen-bond donors (Lipinski definition) is 2. The van der Waals surface area contributed by atoms with E-state index < -0.39 is 11.8 Å². The van der Waals surface area contributed by atoms with E-state index in [2.05, 4.69) is 10.9 Å². The maximum absolute atomic E-state index is 12.3. The summed E-state index contributed by atoms with van der Waals surface area (Å²) in [6.45, 7) is 2.46. The Morgan fingerprint density at radius 2 is 1.09 bits per heavy atom. The maximum Gasteiger partial charge on any atom is 0.269 e. The van der Waals surface area contributed by atoms with Crippen molar-refractivity contribution in [3.05, 3.63) is 89.5 Å². The highest BCUT2D eigenvalue weighted by molar-refractivity contribution is 6.00. The van der Waals surface area contributed by atoms with Crippen molar-refractivity contribution in [1.29, 1.82) is 0 Å². The average Bonchev–Trinajstić information content (AvgIpc) is 2.83. The fraction of sp³-hybridized carbons (Fsp3) is 0.160. The van der Waals surface area contributed by atoms with Crippen LogP contribution in [0.4, 0.5) is 0 Å². The molecule has 0 saturated carbocycles. The van der Waals surface area contributed by atoms with Crippen LogP contribution < -0.4 is 15.6 Å². The van der Waals surface area contributed by atoms with E-state index in [0.717, 1.165) is 16.9 Å². The minimum absolute atomic E-state index is 0.0833. The van der Waals surface area contributed by atoms with Crippen LogP contribution in [0.25, 0.3) is 11.1 Å². The Kier molecular flexibility index (Phi) is 7.72. The zero-order valence-corrected chi connectivity index (χ0v) is 17.9. The summed E-state index contributed by atoms with van der Waals surface area (Å²) >= 11 is 0. The Bertz CT molecular complexity index is 1070. The van der Waals surface area contributed by atoms with Crippen molar-refractivity contribution in [2.24, 2.45) is 0 Å². The van der Waals surface area contributed by atoms with E-state index in [0.29, 0.717) is 29.9 Å². The molecule has 0 heterocycles. The molecule has 0 fully saturated rings. The second-order valence-electron chi connectivity index (χ2n) is 6.98. The van der Waals surface area contributed by atoms with Gasteiger partial charge in [-0.25, -0.2) is 0 Å². The van der Waals surface area contributed by atoms with Crippen LogP contribution in [0, 0.1) is 0 Å². The largest absolute Gasteiger partial charge is 0.491 e. The molecule has 0 spiro atoms. The first kappa shape index (κ1) is 22.7. The first-order valence-corrected chi connectivity index (χ1v) is 10.0. The zero-order valence-electron chi connectivity index (χ0n) is 17.9. The third kappa shape index (κ3) is 6.02. The fourth-order valence-corrected chi connectivity index (χ4v) is 2.91. The first-order valence-electron chi connectivity index (χ1n) is 10.0. The SMILES string of the molecule is COCCOc1ccc(-c2ccc(C(=O)NNC(=O)c3ccc(C(C)=O)cc3)cc2)cc1. The number of benzene rings is 3. The number of methoxy groups -OCH3 is 1. The number of carbonyl (C=O) groups excluding carboxylic acids is 3. The van der Waals surface area contributed by atoms with Crippen molar-refractivity contribution < 1.29 is 23.9 Å². The normalized spacial score (nSPS) is 10.3. The number of amides is 2. The smallest absolute Gasteiger partial charge is 0.269 e. The molecule has 164 valence electrons. The van der Waals surface area contributed by atoms with E-state index in [-0.39, 0.29) is 5.78 Å². The second kappa shape index (κ2) is 10.9. The summed E-state index contributed by atoms with van der Waals surface area (Å²) in [5.74, 6) is -0.237. The van der Waals surface area contributed by atoms with Gasteiger partial charge < -0.3 is 9.47 Å². The molecule has 2 N–H and O–H groups in total. The van der Waals surface area contributed by atoms with E-state index in [9.17, 15) is 14.4 Å². The highest BCUT2D eigenvalue weighted by atomic mass is 16.5. The second-order valence-corrected chi connectivity index (χ2v) is 6.98. The van der Waals surface area contributed by atoms with Crippen LogP contribution >= 0.6 is 0 Å². The molecular weight excluding hydrogens is 408 g/mol. The number of ether oxygens (including phenoxy) is 2. The van der Waals surface area contributed by atoms with Crippen LogP contribution in [0.1, 0.15) is 38.0 Å². The number of carbonyl (C=O) groups is 3. The summed E-state index contributed by atoms with van der Waals surface area (Å²) in [4.78, 5) is 35.8. The van der Waals surface area contributed by atoms with Crippen molar-refractivity contribution in [1.82, 2.24) is 10.9 Å². The van der Waals surface area contributed by atoms with Crippen molar-refractivity contribution in [3.63, 3.8) is 0 Å². The van der Waals surface area contributed by atoms with Gasteiger partial charge in [0.25, 0.3) is 11.8 Å². The molecule has 3 aromatic rings. The minimum atomic E-state index is -0.474. The molecule has 32 heavy (non-hydrogen) atoms. The molecule has 7 nitrogen and oxygen atoms in total. The lowest BCUT2D eigenvalue weighted by molar-refractivity contribution is 0.0846. The summed E-state index contributed by atoms with van der Waals surface area (Å²) in [7, 11) is 1.62. The molecule has 0 aliphatic heterocycles.